The Morgan fingerprint density at radius 1 is 1.37 bits per heavy atom. The van der Waals surface area contributed by atoms with Crippen LogP contribution in [-0.4, -0.2) is 52.6 Å². The third-order valence-corrected chi connectivity index (χ3v) is 4.12. The number of hydrogen-bond donors (Lipinski definition) is 2. The van der Waals surface area contributed by atoms with Gasteiger partial charge in [-0.2, -0.15) is 0 Å². The summed E-state index contributed by atoms with van der Waals surface area (Å²) >= 11 is 0. The van der Waals surface area contributed by atoms with Gasteiger partial charge < -0.3 is 24.8 Å². The van der Waals surface area contributed by atoms with Crippen LogP contribution in [0.25, 0.3) is 0 Å². The van der Waals surface area contributed by atoms with Crippen LogP contribution < -0.4 is 15.4 Å². The minimum Gasteiger partial charge on any atom is -0.494 e. The van der Waals surface area contributed by atoms with Crippen molar-refractivity contribution in [3.63, 3.8) is 0 Å². The Morgan fingerprint density at radius 2 is 2.22 bits per heavy atom. The maximum Gasteiger partial charge on any atom is 0.191 e. The quantitative estimate of drug-likeness (QED) is 0.226. The zero-order chi connectivity index (χ0) is 18.6. The summed E-state index contributed by atoms with van der Waals surface area (Å²) in [7, 11) is 1.45. The van der Waals surface area contributed by atoms with Gasteiger partial charge in [0.05, 0.1) is 26.9 Å². The van der Waals surface area contributed by atoms with E-state index in [2.05, 4.69) is 15.6 Å². The van der Waals surface area contributed by atoms with Crippen molar-refractivity contribution in [3.05, 3.63) is 29.6 Å². The molecule has 1 aliphatic heterocycles. The molecule has 1 aliphatic rings. The first-order chi connectivity index (χ1) is 12.7. The van der Waals surface area contributed by atoms with E-state index in [-0.39, 0.29) is 35.5 Å². The Balaban J connectivity index is 0.00000364. The van der Waals surface area contributed by atoms with Gasteiger partial charge in [-0.05, 0) is 37.5 Å². The van der Waals surface area contributed by atoms with E-state index >= 15 is 0 Å². The molecule has 8 heteroatoms. The van der Waals surface area contributed by atoms with Crippen LogP contribution >= 0.6 is 24.0 Å². The summed E-state index contributed by atoms with van der Waals surface area (Å²) in [5.41, 5.74) is 0.794. The molecular formula is C19H31FIN3O3. The fourth-order valence-corrected chi connectivity index (χ4v) is 2.67. The molecule has 0 amide bonds. The van der Waals surface area contributed by atoms with Gasteiger partial charge in [0.2, 0.25) is 0 Å². The number of rotatable bonds is 10. The summed E-state index contributed by atoms with van der Waals surface area (Å²) in [6.07, 6.45) is 2.00. The van der Waals surface area contributed by atoms with Gasteiger partial charge in [-0.25, -0.2) is 9.38 Å². The summed E-state index contributed by atoms with van der Waals surface area (Å²) in [6.45, 7) is 7.11. The van der Waals surface area contributed by atoms with E-state index in [9.17, 15) is 4.39 Å². The molecule has 0 aliphatic carbocycles. The van der Waals surface area contributed by atoms with Crippen molar-refractivity contribution < 1.29 is 18.6 Å². The molecule has 27 heavy (non-hydrogen) atoms. The maximum atomic E-state index is 13.7. The van der Waals surface area contributed by atoms with E-state index in [0.29, 0.717) is 25.0 Å². The average Bonchev–Trinajstić information content (AvgIpc) is 3.16. The maximum absolute atomic E-state index is 13.7. The topological polar surface area (TPSA) is 64.1 Å². The largest absolute Gasteiger partial charge is 0.494 e. The van der Waals surface area contributed by atoms with E-state index in [0.717, 1.165) is 51.3 Å². The monoisotopic (exact) mass is 495 g/mol. The Morgan fingerprint density at radius 3 is 2.89 bits per heavy atom. The van der Waals surface area contributed by atoms with Crippen LogP contribution in [0.15, 0.2) is 23.2 Å². The van der Waals surface area contributed by atoms with E-state index in [1.54, 1.807) is 6.07 Å². The zero-order valence-corrected chi connectivity index (χ0v) is 18.5. The normalized spacial score (nSPS) is 16.7. The number of ether oxygens (including phenoxy) is 3. The van der Waals surface area contributed by atoms with E-state index < -0.39 is 0 Å². The highest BCUT2D eigenvalue weighted by atomic mass is 127. The number of nitrogens with zero attached hydrogens (tertiary/aromatic N) is 1. The molecular weight excluding hydrogens is 464 g/mol. The molecule has 1 aromatic rings. The minimum atomic E-state index is -0.372. The van der Waals surface area contributed by atoms with Gasteiger partial charge in [0.15, 0.2) is 17.5 Å². The highest BCUT2D eigenvalue weighted by Gasteiger charge is 2.15. The van der Waals surface area contributed by atoms with Gasteiger partial charge >= 0.3 is 0 Å². The number of hydrogen-bond acceptors (Lipinski definition) is 4. The standard InChI is InChI=1S/C19H30FN3O3.HI/c1-3-21-19(22-8-4-9-25-13-16-7-10-26-14-16)23-12-15-5-6-18(24-2)17(20)11-15;/h5-6,11,16H,3-4,7-10,12-14H2,1-2H3,(H2,21,22,23);1H. The lowest BCUT2D eigenvalue weighted by Crippen LogP contribution is -2.38. The third kappa shape index (κ3) is 9.07. The summed E-state index contributed by atoms with van der Waals surface area (Å²) in [6, 6.07) is 4.88. The first-order valence-electron chi connectivity index (χ1n) is 9.23. The van der Waals surface area contributed by atoms with Gasteiger partial charge in [-0.1, -0.05) is 6.07 Å². The molecule has 0 aromatic heterocycles. The molecule has 1 aromatic carbocycles. The molecule has 6 nitrogen and oxygen atoms in total. The zero-order valence-electron chi connectivity index (χ0n) is 16.1. The van der Waals surface area contributed by atoms with Crippen LogP contribution in [0.5, 0.6) is 5.75 Å². The van der Waals surface area contributed by atoms with Crippen molar-refractivity contribution in [2.75, 3.05) is 46.6 Å². The predicted octanol–water partition coefficient (Wildman–Crippen LogP) is 2.95. The van der Waals surface area contributed by atoms with Crippen LogP contribution in [0.4, 0.5) is 4.39 Å². The van der Waals surface area contributed by atoms with Crippen LogP contribution in [-0.2, 0) is 16.0 Å². The highest BCUT2D eigenvalue weighted by molar-refractivity contribution is 14.0. The molecule has 1 saturated heterocycles. The van der Waals surface area contributed by atoms with Crippen molar-refractivity contribution in [2.24, 2.45) is 10.9 Å². The lowest BCUT2D eigenvalue weighted by atomic mass is 10.1. The molecule has 2 rings (SSSR count). The lowest BCUT2D eigenvalue weighted by molar-refractivity contribution is 0.0888. The molecule has 1 atom stereocenters. The smallest absolute Gasteiger partial charge is 0.191 e. The van der Waals surface area contributed by atoms with E-state index in [4.69, 9.17) is 14.2 Å². The number of benzene rings is 1. The Bertz CT molecular complexity index is 569. The van der Waals surface area contributed by atoms with Crippen molar-refractivity contribution in [1.29, 1.82) is 0 Å². The Kier molecular flexibility index (Phi) is 12.4. The average molecular weight is 495 g/mol. The Labute approximate surface area is 178 Å². The summed E-state index contributed by atoms with van der Waals surface area (Å²) in [4.78, 5) is 4.49. The van der Waals surface area contributed by atoms with Gasteiger partial charge in [-0.3, -0.25) is 0 Å². The molecule has 2 N–H and O–H groups in total. The van der Waals surface area contributed by atoms with Gasteiger partial charge in [0, 0.05) is 32.2 Å². The summed E-state index contributed by atoms with van der Waals surface area (Å²) in [5.74, 6) is 1.13. The van der Waals surface area contributed by atoms with Gasteiger partial charge in [0.1, 0.15) is 0 Å². The molecule has 1 fully saturated rings. The molecule has 0 spiro atoms. The number of methoxy groups -OCH3 is 1. The minimum absolute atomic E-state index is 0. The van der Waals surface area contributed by atoms with Crippen molar-refractivity contribution in [3.8, 4) is 5.75 Å². The van der Waals surface area contributed by atoms with E-state index in [1.807, 2.05) is 13.0 Å². The van der Waals surface area contributed by atoms with Crippen LogP contribution in [0, 0.1) is 11.7 Å². The second-order valence-electron chi connectivity index (χ2n) is 6.25. The first-order valence-corrected chi connectivity index (χ1v) is 9.23. The fraction of sp³-hybridized carbons (Fsp3) is 0.632. The number of aliphatic imine (C=N–C) groups is 1. The van der Waals surface area contributed by atoms with Gasteiger partial charge in [-0.15, -0.1) is 24.0 Å². The molecule has 0 radical (unpaired) electrons. The predicted molar refractivity (Wildman–Crippen MR) is 116 cm³/mol. The lowest BCUT2D eigenvalue weighted by Gasteiger charge is -2.12. The Hall–Kier alpha value is -1.13. The molecule has 154 valence electrons. The second kappa shape index (κ2) is 14.0. The van der Waals surface area contributed by atoms with Crippen molar-refractivity contribution in [2.45, 2.75) is 26.3 Å². The van der Waals surface area contributed by atoms with Crippen LogP contribution in [0.1, 0.15) is 25.3 Å². The molecule has 1 unspecified atom stereocenters. The SMILES string of the molecule is CCNC(=NCc1ccc(OC)c(F)c1)NCCCOCC1CCOC1.I. The van der Waals surface area contributed by atoms with Crippen molar-refractivity contribution >= 4 is 29.9 Å². The molecule has 0 saturated carbocycles. The number of halogens is 2. The molecule has 0 bridgehead atoms. The number of nitrogens with one attached hydrogen (secondary N) is 2. The molecule has 1 heterocycles. The van der Waals surface area contributed by atoms with Crippen LogP contribution in [0.2, 0.25) is 0 Å². The van der Waals surface area contributed by atoms with Gasteiger partial charge in [0.25, 0.3) is 0 Å². The fourth-order valence-electron chi connectivity index (χ4n) is 2.67. The first kappa shape index (κ1) is 23.9. The van der Waals surface area contributed by atoms with E-state index in [1.165, 1.54) is 13.2 Å². The van der Waals surface area contributed by atoms with Crippen LogP contribution in [0.3, 0.4) is 0 Å². The number of guanidine groups is 1. The van der Waals surface area contributed by atoms with Crippen molar-refractivity contribution in [1.82, 2.24) is 10.6 Å². The highest BCUT2D eigenvalue weighted by Crippen LogP contribution is 2.18. The summed E-state index contributed by atoms with van der Waals surface area (Å²) < 4.78 is 29.7. The second-order valence-corrected chi connectivity index (χ2v) is 6.25. The summed E-state index contributed by atoms with van der Waals surface area (Å²) in [5, 5.41) is 6.46. The third-order valence-electron chi connectivity index (χ3n) is 4.12.